The molecule has 0 radical (unpaired) electrons. The molecule has 1 fully saturated rings. The summed E-state index contributed by atoms with van der Waals surface area (Å²) < 4.78 is 5.62. The summed E-state index contributed by atoms with van der Waals surface area (Å²) in [7, 11) is 0. The number of aliphatic carboxylic acids is 1. The summed E-state index contributed by atoms with van der Waals surface area (Å²) in [6.07, 6.45) is 5.10. The summed E-state index contributed by atoms with van der Waals surface area (Å²) in [5, 5.41) is 11.8. The zero-order valence-corrected chi connectivity index (χ0v) is 12.9. The van der Waals surface area contributed by atoms with Crippen LogP contribution in [0.3, 0.4) is 0 Å². The first kappa shape index (κ1) is 16.3. The molecule has 1 unspecified atom stereocenters. The van der Waals surface area contributed by atoms with Crippen molar-refractivity contribution >= 4 is 11.9 Å². The molecule has 1 aliphatic carbocycles. The average Bonchev–Trinajstić information content (AvgIpc) is 2.49. The van der Waals surface area contributed by atoms with E-state index >= 15 is 0 Å². The van der Waals surface area contributed by atoms with Crippen LogP contribution in [0, 0.1) is 0 Å². The Balaban J connectivity index is 1.83. The maximum Gasteiger partial charge on any atom is 0.307 e. The van der Waals surface area contributed by atoms with E-state index in [9.17, 15) is 9.59 Å². The predicted molar refractivity (Wildman–Crippen MR) is 82.9 cm³/mol. The summed E-state index contributed by atoms with van der Waals surface area (Å²) in [6.45, 7) is 1.73. The molecule has 0 heterocycles. The highest BCUT2D eigenvalue weighted by Crippen LogP contribution is 2.18. The van der Waals surface area contributed by atoms with Crippen LogP contribution in [0.4, 0.5) is 0 Å². The molecule has 5 nitrogen and oxygen atoms in total. The highest BCUT2D eigenvalue weighted by atomic mass is 16.5. The largest absolute Gasteiger partial charge is 0.481 e. The maximum atomic E-state index is 12.1. The Kier molecular flexibility index (Phi) is 5.81. The fourth-order valence-corrected chi connectivity index (χ4v) is 2.68. The molecule has 0 spiro atoms. The van der Waals surface area contributed by atoms with Crippen LogP contribution < -0.4 is 10.1 Å². The fraction of sp³-hybridized carbons (Fsp3) is 0.529. The van der Waals surface area contributed by atoms with Crippen molar-refractivity contribution in [3.63, 3.8) is 0 Å². The molecule has 1 aliphatic rings. The van der Waals surface area contributed by atoms with Crippen molar-refractivity contribution < 1.29 is 19.4 Å². The monoisotopic (exact) mass is 305 g/mol. The van der Waals surface area contributed by atoms with Gasteiger partial charge in [-0.15, -0.1) is 0 Å². The van der Waals surface area contributed by atoms with Crippen molar-refractivity contribution in [1.29, 1.82) is 0 Å². The van der Waals surface area contributed by atoms with Crippen molar-refractivity contribution in [2.75, 3.05) is 0 Å². The van der Waals surface area contributed by atoms with Gasteiger partial charge in [-0.05, 0) is 37.5 Å². The summed E-state index contributed by atoms with van der Waals surface area (Å²) in [6, 6.07) is 7.07. The number of carboxylic acids is 1. The van der Waals surface area contributed by atoms with Crippen molar-refractivity contribution in [3.8, 4) is 5.75 Å². The second kappa shape index (κ2) is 7.82. The molecule has 0 saturated heterocycles. The minimum Gasteiger partial charge on any atom is -0.481 e. The van der Waals surface area contributed by atoms with Gasteiger partial charge in [0.25, 0.3) is 5.91 Å². The lowest BCUT2D eigenvalue weighted by molar-refractivity contribution is -0.136. The predicted octanol–water partition coefficient (Wildman–Crippen LogP) is 2.53. The number of carbonyl (C=O) groups is 2. The Morgan fingerprint density at radius 2 is 1.86 bits per heavy atom. The number of nitrogens with one attached hydrogen (secondary N) is 1. The third-order valence-corrected chi connectivity index (χ3v) is 3.91. The van der Waals surface area contributed by atoms with E-state index in [0.29, 0.717) is 11.3 Å². The Morgan fingerprint density at radius 1 is 1.23 bits per heavy atom. The molecule has 2 rings (SSSR count). The second-order valence-electron chi connectivity index (χ2n) is 5.82. The number of carboxylic acid groups (broad SMARTS) is 1. The molecule has 1 saturated carbocycles. The second-order valence-corrected chi connectivity index (χ2v) is 5.82. The van der Waals surface area contributed by atoms with Gasteiger partial charge in [0.1, 0.15) is 5.75 Å². The van der Waals surface area contributed by atoms with Gasteiger partial charge in [0, 0.05) is 6.04 Å². The van der Waals surface area contributed by atoms with Crippen LogP contribution in [0.25, 0.3) is 0 Å². The third-order valence-electron chi connectivity index (χ3n) is 3.91. The smallest absolute Gasteiger partial charge is 0.307 e. The number of rotatable bonds is 6. The molecule has 1 atom stereocenters. The van der Waals surface area contributed by atoms with E-state index in [4.69, 9.17) is 9.84 Å². The van der Waals surface area contributed by atoms with Crippen molar-refractivity contribution in [3.05, 3.63) is 29.8 Å². The van der Waals surface area contributed by atoms with Gasteiger partial charge in [0.05, 0.1) is 6.42 Å². The molecule has 0 aliphatic heterocycles. The lowest BCUT2D eigenvalue weighted by Gasteiger charge is -2.24. The molecule has 1 amide bonds. The van der Waals surface area contributed by atoms with Crippen LogP contribution in [-0.2, 0) is 16.0 Å². The Morgan fingerprint density at radius 3 is 2.45 bits per heavy atom. The Hall–Kier alpha value is -2.04. The quantitative estimate of drug-likeness (QED) is 0.847. The zero-order valence-electron chi connectivity index (χ0n) is 12.9. The molecular formula is C17H23NO4. The Labute approximate surface area is 130 Å². The van der Waals surface area contributed by atoms with Crippen molar-refractivity contribution in [2.45, 2.75) is 57.6 Å². The lowest BCUT2D eigenvalue weighted by Crippen LogP contribution is -2.43. The van der Waals surface area contributed by atoms with Gasteiger partial charge in [-0.2, -0.15) is 0 Å². The first-order chi connectivity index (χ1) is 10.5. The SMILES string of the molecule is CC(Oc1ccc(CC(=O)O)cc1)C(=O)NC1CCCCC1. The molecule has 1 aromatic carbocycles. The first-order valence-electron chi connectivity index (χ1n) is 7.82. The zero-order chi connectivity index (χ0) is 15.9. The van der Waals surface area contributed by atoms with Gasteiger partial charge >= 0.3 is 5.97 Å². The highest BCUT2D eigenvalue weighted by molar-refractivity contribution is 5.81. The number of hydrogen-bond acceptors (Lipinski definition) is 3. The minimum atomic E-state index is -0.867. The van der Waals surface area contributed by atoms with E-state index < -0.39 is 12.1 Å². The van der Waals surface area contributed by atoms with E-state index in [1.807, 2.05) is 0 Å². The fourth-order valence-electron chi connectivity index (χ4n) is 2.68. The van der Waals surface area contributed by atoms with Gasteiger partial charge in [-0.1, -0.05) is 31.4 Å². The van der Waals surface area contributed by atoms with E-state index in [1.54, 1.807) is 31.2 Å². The van der Waals surface area contributed by atoms with Crippen LogP contribution in [-0.4, -0.2) is 29.1 Å². The van der Waals surface area contributed by atoms with E-state index in [0.717, 1.165) is 12.8 Å². The summed E-state index contributed by atoms with van der Waals surface area (Å²) in [4.78, 5) is 22.7. The molecule has 2 N–H and O–H groups in total. The van der Waals surface area contributed by atoms with Gasteiger partial charge in [0.15, 0.2) is 6.10 Å². The van der Waals surface area contributed by atoms with Crippen LogP contribution in [0.5, 0.6) is 5.75 Å². The van der Waals surface area contributed by atoms with Crippen LogP contribution in [0.2, 0.25) is 0 Å². The molecular weight excluding hydrogens is 282 g/mol. The summed E-state index contributed by atoms with van der Waals surface area (Å²) in [5.74, 6) is -0.393. The minimum absolute atomic E-state index is 0.0159. The van der Waals surface area contributed by atoms with Gasteiger partial charge in [-0.3, -0.25) is 9.59 Å². The molecule has 5 heteroatoms. The number of ether oxygens (including phenoxy) is 1. The maximum absolute atomic E-state index is 12.1. The number of carbonyl (C=O) groups excluding carboxylic acids is 1. The highest BCUT2D eigenvalue weighted by Gasteiger charge is 2.20. The van der Waals surface area contributed by atoms with Gasteiger partial charge in [-0.25, -0.2) is 0 Å². The molecule has 1 aromatic rings. The van der Waals surface area contributed by atoms with Crippen LogP contribution in [0.15, 0.2) is 24.3 Å². The standard InChI is InChI=1S/C17H23NO4/c1-12(17(21)18-14-5-3-2-4-6-14)22-15-9-7-13(8-10-15)11-16(19)20/h7-10,12,14H,2-6,11H2,1H3,(H,18,21)(H,19,20). The van der Waals surface area contributed by atoms with Crippen LogP contribution in [0.1, 0.15) is 44.6 Å². The van der Waals surface area contributed by atoms with Crippen molar-refractivity contribution in [1.82, 2.24) is 5.32 Å². The summed E-state index contributed by atoms with van der Waals surface area (Å²) >= 11 is 0. The van der Waals surface area contributed by atoms with E-state index in [-0.39, 0.29) is 18.4 Å². The topological polar surface area (TPSA) is 75.6 Å². The number of benzene rings is 1. The average molecular weight is 305 g/mol. The van der Waals surface area contributed by atoms with Crippen LogP contribution >= 0.6 is 0 Å². The first-order valence-corrected chi connectivity index (χ1v) is 7.82. The third kappa shape index (κ3) is 5.06. The summed E-state index contributed by atoms with van der Waals surface area (Å²) in [5.41, 5.74) is 0.708. The molecule has 120 valence electrons. The molecule has 0 bridgehead atoms. The van der Waals surface area contributed by atoms with E-state index in [1.165, 1.54) is 19.3 Å². The molecule has 0 aromatic heterocycles. The van der Waals surface area contributed by atoms with Gasteiger partial charge in [0.2, 0.25) is 0 Å². The molecule has 22 heavy (non-hydrogen) atoms. The lowest BCUT2D eigenvalue weighted by atomic mass is 9.95. The Bertz CT molecular complexity index is 506. The van der Waals surface area contributed by atoms with E-state index in [2.05, 4.69) is 5.32 Å². The van der Waals surface area contributed by atoms with Gasteiger partial charge < -0.3 is 15.2 Å². The number of amides is 1. The number of hydrogen-bond donors (Lipinski definition) is 2. The van der Waals surface area contributed by atoms with Crippen molar-refractivity contribution in [2.24, 2.45) is 0 Å². The normalized spacial score (nSPS) is 16.8.